The fraction of sp³-hybridized carbons (Fsp3) is 0.333. The van der Waals surface area contributed by atoms with Crippen molar-refractivity contribution in [2.24, 2.45) is 0 Å². The minimum absolute atomic E-state index is 0.595. The van der Waals surface area contributed by atoms with E-state index in [0.29, 0.717) is 6.04 Å². The smallest absolute Gasteiger partial charge is 0.0222 e. The lowest BCUT2D eigenvalue weighted by Crippen LogP contribution is -2.34. The van der Waals surface area contributed by atoms with Crippen molar-refractivity contribution in [3.05, 3.63) is 69.2 Å². The van der Waals surface area contributed by atoms with E-state index in [2.05, 4.69) is 70.6 Å². The Morgan fingerprint density at radius 3 is 2.75 bits per heavy atom. The lowest BCUT2D eigenvalue weighted by Gasteiger charge is -2.25. The molecular weight excluding hydrogens is 310 g/mol. The number of fused-ring (bicyclic) bond motifs is 1. The van der Waals surface area contributed by atoms with Crippen molar-refractivity contribution in [3.63, 3.8) is 0 Å². The molecule has 0 aliphatic heterocycles. The second-order valence-corrected chi connectivity index (χ2v) is 6.54. The van der Waals surface area contributed by atoms with Crippen LogP contribution in [0.2, 0.25) is 0 Å². The van der Waals surface area contributed by atoms with Gasteiger partial charge in [-0.2, -0.15) is 0 Å². The Kier molecular flexibility index (Phi) is 4.23. The molecule has 0 heterocycles. The first-order chi connectivity index (χ1) is 9.72. The van der Waals surface area contributed by atoms with Crippen LogP contribution >= 0.6 is 15.9 Å². The largest absolute Gasteiger partial charge is 0.310 e. The molecule has 1 aliphatic carbocycles. The van der Waals surface area contributed by atoms with E-state index in [-0.39, 0.29) is 0 Å². The van der Waals surface area contributed by atoms with Crippen LogP contribution in [0.1, 0.15) is 28.7 Å². The second-order valence-electron chi connectivity index (χ2n) is 5.68. The molecule has 0 amide bonds. The standard InChI is InChI=1S/C18H20BrN/c1-13-6-7-16(18(19)10-13)12-20-17-9-8-14-4-2-3-5-15(14)11-17/h2-7,10,17,20H,8-9,11-12H2,1H3. The average molecular weight is 330 g/mol. The Bertz CT molecular complexity index is 606. The Labute approximate surface area is 129 Å². The van der Waals surface area contributed by atoms with Gasteiger partial charge in [0.25, 0.3) is 0 Å². The van der Waals surface area contributed by atoms with Gasteiger partial charge in [-0.15, -0.1) is 0 Å². The maximum atomic E-state index is 3.71. The molecule has 0 fully saturated rings. The molecular formula is C18H20BrN. The van der Waals surface area contributed by atoms with Crippen LogP contribution in [0.3, 0.4) is 0 Å². The molecule has 2 aromatic carbocycles. The zero-order chi connectivity index (χ0) is 13.9. The van der Waals surface area contributed by atoms with Gasteiger partial charge in [-0.3, -0.25) is 0 Å². The molecule has 1 atom stereocenters. The van der Waals surface area contributed by atoms with Gasteiger partial charge in [0.05, 0.1) is 0 Å². The summed E-state index contributed by atoms with van der Waals surface area (Å²) in [6.07, 6.45) is 3.59. The predicted octanol–water partition coefficient (Wildman–Crippen LogP) is 4.40. The second kappa shape index (κ2) is 6.11. The zero-order valence-electron chi connectivity index (χ0n) is 11.8. The quantitative estimate of drug-likeness (QED) is 0.879. The maximum Gasteiger partial charge on any atom is 0.0222 e. The normalized spacial score (nSPS) is 17.8. The topological polar surface area (TPSA) is 12.0 Å². The minimum atomic E-state index is 0.595. The molecule has 0 spiro atoms. The molecule has 1 nitrogen and oxygen atoms in total. The number of nitrogens with one attached hydrogen (secondary N) is 1. The number of halogens is 1. The van der Waals surface area contributed by atoms with Gasteiger partial charge in [-0.25, -0.2) is 0 Å². The SMILES string of the molecule is Cc1ccc(CNC2CCc3ccccc3C2)c(Br)c1. The van der Waals surface area contributed by atoms with Gasteiger partial charge in [0.2, 0.25) is 0 Å². The highest BCUT2D eigenvalue weighted by atomic mass is 79.9. The highest BCUT2D eigenvalue weighted by molar-refractivity contribution is 9.10. The van der Waals surface area contributed by atoms with Crippen molar-refractivity contribution < 1.29 is 0 Å². The lowest BCUT2D eigenvalue weighted by molar-refractivity contribution is 0.457. The lowest BCUT2D eigenvalue weighted by atomic mass is 9.88. The number of rotatable bonds is 3. The van der Waals surface area contributed by atoms with E-state index < -0.39 is 0 Å². The van der Waals surface area contributed by atoms with E-state index in [0.717, 1.165) is 13.0 Å². The molecule has 1 N–H and O–H groups in total. The Balaban J connectivity index is 1.63. The summed E-state index contributed by atoms with van der Waals surface area (Å²) in [5, 5.41) is 3.71. The third-order valence-corrected chi connectivity index (χ3v) is 4.87. The molecule has 3 rings (SSSR count). The number of aryl methyl sites for hydroxylation is 2. The summed E-state index contributed by atoms with van der Waals surface area (Å²) in [5.41, 5.74) is 5.68. The van der Waals surface area contributed by atoms with Crippen LogP contribution in [-0.2, 0) is 19.4 Å². The third kappa shape index (κ3) is 3.13. The zero-order valence-corrected chi connectivity index (χ0v) is 13.4. The van der Waals surface area contributed by atoms with Crippen LogP contribution in [0.5, 0.6) is 0 Å². The fourth-order valence-electron chi connectivity index (χ4n) is 2.92. The van der Waals surface area contributed by atoms with Crippen LogP contribution in [-0.4, -0.2) is 6.04 Å². The van der Waals surface area contributed by atoms with Gasteiger partial charge in [0.1, 0.15) is 0 Å². The van der Waals surface area contributed by atoms with Gasteiger partial charge in [0, 0.05) is 17.1 Å². The summed E-state index contributed by atoms with van der Waals surface area (Å²) in [7, 11) is 0. The summed E-state index contributed by atoms with van der Waals surface area (Å²) in [6, 6.07) is 16.0. The highest BCUT2D eigenvalue weighted by Crippen LogP contribution is 2.22. The van der Waals surface area contributed by atoms with Crippen LogP contribution in [0.15, 0.2) is 46.9 Å². The Morgan fingerprint density at radius 1 is 1.15 bits per heavy atom. The summed E-state index contributed by atoms with van der Waals surface area (Å²) in [5.74, 6) is 0. The van der Waals surface area contributed by atoms with Crippen LogP contribution in [0, 0.1) is 6.92 Å². The first-order valence-electron chi connectivity index (χ1n) is 7.27. The molecule has 0 saturated heterocycles. The number of hydrogen-bond acceptors (Lipinski definition) is 1. The van der Waals surface area contributed by atoms with Gasteiger partial charge in [-0.1, -0.05) is 52.3 Å². The van der Waals surface area contributed by atoms with Crippen molar-refractivity contribution in [1.29, 1.82) is 0 Å². The first kappa shape index (κ1) is 13.8. The number of benzene rings is 2. The summed E-state index contributed by atoms with van der Waals surface area (Å²) in [6.45, 7) is 3.06. The third-order valence-electron chi connectivity index (χ3n) is 4.14. The molecule has 0 radical (unpaired) electrons. The first-order valence-corrected chi connectivity index (χ1v) is 8.07. The van der Waals surface area contributed by atoms with E-state index >= 15 is 0 Å². The predicted molar refractivity (Wildman–Crippen MR) is 88.0 cm³/mol. The fourth-order valence-corrected chi connectivity index (χ4v) is 3.56. The Morgan fingerprint density at radius 2 is 1.95 bits per heavy atom. The van der Waals surface area contributed by atoms with Crippen molar-refractivity contribution in [2.75, 3.05) is 0 Å². The van der Waals surface area contributed by atoms with Gasteiger partial charge >= 0.3 is 0 Å². The van der Waals surface area contributed by atoms with E-state index in [1.54, 1.807) is 0 Å². The van der Waals surface area contributed by atoms with E-state index in [4.69, 9.17) is 0 Å². The van der Waals surface area contributed by atoms with Crippen LogP contribution in [0.25, 0.3) is 0 Å². The molecule has 0 aromatic heterocycles. The molecule has 0 saturated carbocycles. The average Bonchev–Trinajstić information content (AvgIpc) is 2.46. The molecule has 0 bridgehead atoms. The summed E-state index contributed by atoms with van der Waals surface area (Å²) >= 11 is 3.66. The van der Waals surface area contributed by atoms with E-state index in [1.807, 2.05) is 0 Å². The minimum Gasteiger partial charge on any atom is -0.310 e. The molecule has 1 aliphatic rings. The molecule has 1 unspecified atom stereocenters. The molecule has 2 aromatic rings. The summed E-state index contributed by atoms with van der Waals surface area (Å²) in [4.78, 5) is 0. The van der Waals surface area contributed by atoms with Crippen LogP contribution in [0.4, 0.5) is 0 Å². The van der Waals surface area contributed by atoms with Crippen LogP contribution < -0.4 is 5.32 Å². The molecule has 104 valence electrons. The van der Waals surface area contributed by atoms with Crippen molar-refractivity contribution in [1.82, 2.24) is 5.32 Å². The van der Waals surface area contributed by atoms with Gasteiger partial charge < -0.3 is 5.32 Å². The van der Waals surface area contributed by atoms with Gasteiger partial charge in [-0.05, 0) is 54.5 Å². The van der Waals surface area contributed by atoms with Gasteiger partial charge in [0.15, 0.2) is 0 Å². The Hall–Kier alpha value is -1.12. The van der Waals surface area contributed by atoms with E-state index in [1.165, 1.54) is 39.6 Å². The van der Waals surface area contributed by atoms with E-state index in [9.17, 15) is 0 Å². The monoisotopic (exact) mass is 329 g/mol. The maximum absolute atomic E-state index is 3.71. The van der Waals surface area contributed by atoms with Crippen molar-refractivity contribution in [3.8, 4) is 0 Å². The highest BCUT2D eigenvalue weighted by Gasteiger charge is 2.17. The molecule has 2 heteroatoms. The molecule has 20 heavy (non-hydrogen) atoms. The van der Waals surface area contributed by atoms with Crippen molar-refractivity contribution >= 4 is 15.9 Å². The van der Waals surface area contributed by atoms with Crippen molar-refractivity contribution in [2.45, 2.75) is 38.8 Å². The summed E-state index contributed by atoms with van der Waals surface area (Å²) < 4.78 is 1.21. The number of hydrogen-bond donors (Lipinski definition) is 1.